The summed E-state index contributed by atoms with van der Waals surface area (Å²) >= 11 is 6.11. The van der Waals surface area contributed by atoms with Crippen LogP contribution in [-0.4, -0.2) is 8.32 Å². The Balaban J connectivity index is 2.29. The van der Waals surface area contributed by atoms with Gasteiger partial charge in [-0.1, -0.05) is 70.3 Å². The number of hydrogen-bond acceptors (Lipinski definition) is 1. The van der Waals surface area contributed by atoms with Gasteiger partial charge in [0.2, 0.25) is 0 Å². The Hall–Kier alpha value is -0.573. The van der Waals surface area contributed by atoms with E-state index in [0.29, 0.717) is 5.92 Å². The van der Waals surface area contributed by atoms with Gasteiger partial charge in [-0.15, -0.1) is 0 Å². The van der Waals surface area contributed by atoms with E-state index in [9.17, 15) is 0 Å². The second kappa shape index (κ2) is 9.21. The lowest BCUT2D eigenvalue weighted by atomic mass is 9.81. The highest BCUT2D eigenvalue weighted by molar-refractivity contribution is 6.73. The van der Waals surface area contributed by atoms with Crippen LogP contribution in [0.1, 0.15) is 64.5 Å². The standard InChI is InChI=1S/C21H33ClOSi/c1-5-24(6-2,7-3)23-21(19-13-15-20(22)16-14-19)17(4)18-11-9-8-10-12-18/h13-16,18,21H,4-12H2,1-3H3. The zero-order valence-corrected chi connectivity index (χ0v) is 17.4. The highest BCUT2D eigenvalue weighted by Gasteiger charge is 2.35. The van der Waals surface area contributed by atoms with Crippen LogP contribution in [0.25, 0.3) is 0 Å². The van der Waals surface area contributed by atoms with E-state index in [4.69, 9.17) is 16.0 Å². The molecule has 0 heterocycles. The lowest BCUT2D eigenvalue weighted by molar-refractivity contribution is 0.202. The summed E-state index contributed by atoms with van der Waals surface area (Å²) in [5.41, 5.74) is 2.52. The first-order chi connectivity index (χ1) is 11.5. The van der Waals surface area contributed by atoms with Crippen LogP contribution in [0.3, 0.4) is 0 Å². The molecule has 1 saturated carbocycles. The van der Waals surface area contributed by atoms with Gasteiger partial charge in [0, 0.05) is 5.02 Å². The van der Waals surface area contributed by atoms with E-state index >= 15 is 0 Å². The average Bonchev–Trinajstić information content (AvgIpc) is 2.65. The van der Waals surface area contributed by atoms with E-state index in [1.54, 1.807) is 0 Å². The van der Waals surface area contributed by atoms with E-state index < -0.39 is 8.32 Å². The molecule has 1 fully saturated rings. The largest absolute Gasteiger partial charge is 0.406 e. The quantitative estimate of drug-likeness (QED) is 0.342. The second-order valence-corrected chi connectivity index (χ2v) is 12.4. The third-order valence-electron chi connectivity index (χ3n) is 5.94. The summed E-state index contributed by atoms with van der Waals surface area (Å²) in [4.78, 5) is 0. The van der Waals surface area contributed by atoms with E-state index in [1.165, 1.54) is 61.4 Å². The summed E-state index contributed by atoms with van der Waals surface area (Å²) in [6.07, 6.45) is 6.60. The molecule has 1 atom stereocenters. The Morgan fingerprint density at radius 2 is 1.62 bits per heavy atom. The van der Waals surface area contributed by atoms with E-state index in [2.05, 4.69) is 39.5 Å². The summed E-state index contributed by atoms with van der Waals surface area (Å²) < 4.78 is 6.92. The van der Waals surface area contributed by atoms with Gasteiger partial charge in [0.15, 0.2) is 8.32 Å². The Morgan fingerprint density at radius 3 is 2.12 bits per heavy atom. The van der Waals surface area contributed by atoms with Crippen molar-refractivity contribution in [2.45, 2.75) is 77.1 Å². The molecule has 1 aromatic rings. The minimum atomic E-state index is -1.70. The second-order valence-electron chi connectivity index (χ2n) is 7.20. The van der Waals surface area contributed by atoms with Crippen LogP contribution in [0.4, 0.5) is 0 Å². The van der Waals surface area contributed by atoms with Gasteiger partial charge in [0.1, 0.15) is 0 Å². The molecular formula is C21H33ClOSi. The van der Waals surface area contributed by atoms with Crippen molar-refractivity contribution in [3.63, 3.8) is 0 Å². The first kappa shape index (κ1) is 19.7. The first-order valence-electron chi connectivity index (χ1n) is 9.67. The predicted molar refractivity (Wildman–Crippen MR) is 108 cm³/mol. The van der Waals surface area contributed by atoms with Gasteiger partial charge in [0.05, 0.1) is 6.10 Å². The topological polar surface area (TPSA) is 9.23 Å². The summed E-state index contributed by atoms with van der Waals surface area (Å²) in [5.74, 6) is 0.608. The smallest absolute Gasteiger partial charge is 0.193 e. The van der Waals surface area contributed by atoms with Crippen molar-refractivity contribution in [2.75, 3.05) is 0 Å². The maximum Gasteiger partial charge on any atom is 0.193 e. The average molecular weight is 365 g/mol. The van der Waals surface area contributed by atoms with Crippen LogP contribution >= 0.6 is 11.6 Å². The minimum absolute atomic E-state index is 0.0388. The molecule has 24 heavy (non-hydrogen) atoms. The van der Waals surface area contributed by atoms with Crippen molar-refractivity contribution in [1.29, 1.82) is 0 Å². The van der Waals surface area contributed by atoms with Crippen LogP contribution in [-0.2, 0) is 4.43 Å². The van der Waals surface area contributed by atoms with Gasteiger partial charge >= 0.3 is 0 Å². The molecule has 1 aliphatic carbocycles. The highest BCUT2D eigenvalue weighted by Crippen LogP contribution is 2.41. The Labute approximate surface area is 154 Å². The van der Waals surface area contributed by atoms with E-state index in [-0.39, 0.29) is 6.10 Å². The number of halogens is 1. The van der Waals surface area contributed by atoms with Crippen LogP contribution in [0.2, 0.25) is 23.2 Å². The molecule has 1 aromatic carbocycles. The molecule has 0 spiro atoms. The minimum Gasteiger partial charge on any atom is -0.406 e. The molecular weight excluding hydrogens is 332 g/mol. The Bertz CT molecular complexity index is 507. The van der Waals surface area contributed by atoms with E-state index in [0.717, 1.165) is 5.02 Å². The SMILES string of the molecule is C=C(C1CCCCC1)C(O[Si](CC)(CC)CC)c1ccc(Cl)cc1. The Kier molecular flexibility index (Phi) is 7.58. The molecule has 0 N–H and O–H groups in total. The maximum atomic E-state index is 6.92. The first-order valence-corrected chi connectivity index (χ1v) is 12.6. The molecule has 1 unspecified atom stereocenters. The molecule has 134 valence electrons. The third-order valence-corrected chi connectivity index (χ3v) is 10.8. The van der Waals surface area contributed by atoms with Gasteiger partial charge in [-0.2, -0.15) is 0 Å². The lowest BCUT2D eigenvalue weighted by Crippen LogP contribution is -2.38. The van der Waals surface area contributed by atoms with Crippen molar-refractivity contribution in [3.05, 3.63) is 47.0 Å². The molecule has 0 aromatic heterocycles. The van der Waals surface area contributed by atoms with Crippen molar-refractivity contribution in [2.24, 2.45) is 5.92 Å². The fraction of sp³-hybridized carbons (Fsp3) is 0.619. The van der Waals surface area contributed by atoms with Crippen LogP contribution in [0.5, 0.6) is 0 Å². The summed E-state index contributed by atoms with van der Waals surface area (Å²) in [6, 6.07) is 11.7. The maximum absolute atomic E-state index is 6.92. The fourth-order valence-electron chi connectivity index (χ4n) is 3.93. The fourth-order valence-corrected chi connectivity index (χ4v) is 6.85. The third kappa shape index (κ3) is 4.74. The normalized spacial score (nSPS) is 17.7. The summed E-state index contributed by atoms with van der Waals surface area (Å²) in [5, 5.41) is 0.783. The monoisotopic (exact) mass is 364 g/mol. The van der Waals surface area contributed by atoms with Gasteiger partial charge in [-0.05, 0) is 60.2 Å². The molecule has 0 saturated heterocycles. The van der Waals surface area contributed by atoms with Crippen LogP contribution in [0, 0.1) is 5.92 Å². The molecule has 0 amide bonds. The number of benzene rings is 1. The van der Waals surface area contributed by atoms with E-state index in [1.807, 2.05) is 12.1 Å². The summed E-state index contributed by atoms with van der Waals surface area (Å²) in [7, 11) is -1.70. The van der Waals surface area contributed by atoms with Gasteiger partial charge in [-0.25, -0.2) is 0 Å². The van der Waals surface area contributed by atoms with Gasteiger partial charge < -0.3 is 4.43 Å². The Morgan fingerprint density at radius 1 is 1.08 bits per heavy atom. The van der Waals surface area contributed by atoms with Gasteiger partial charge in [-0.3, -0.25) is 0 Å². The molecule has 3 heteroatoms. The highest BCUT2D eigenvalue weighted by atomic mass is 35.5. The predicted octanol–water partition coefficient (Wildman–Crippen LogP) is 7.54. The molecule has 2 rings (SSSR count). The van der Waals surface area contributed by atoms with Crippen molar-refractivity contribution in [1.82, 2.24) is 0 Å². The number of rotatable bonds is 8. The van der Waals surface area contributed by atoms with Gasteiger partial charge in [0.25, 0.3) is 0 Å². The van der Waals surface area contributed by atoms with Crippen molar-refractivity contribution >= 4 is 19.9 Å². The molecule has 0 bridgehead atoms. The van der Waals surface area contributed by atoms with Crippen LogP contribution < -0.4 is 0 Å². The van der Waals surface area contributed by atoms with Crippen molar-refractivity contribution < 1.29 is 4.43 Å². The molecule has 0 aliphatic heterocycles. The molecule has 1 nitrogen and oxygen atoms in total. The summed E-state index contributed by atoms with van der Waals surface area (Å²) in [6.45, 7) is 11.4. The zero-order chi connectivity index (χ0) is 17.6. The zero-order valence-electron chi connectivity index (χ0n) is 15.6. The molecule has 0 radical (unpaired) electrons. The molecule has 1 aliphatic rings. The number of hydrogen-bond donors (Lipinski definition) is 0. The van der Waals surface area contributed by atoms with Crippen LogP contribution in [0.15, 0.2) is 36.4 Å². The van der Waals surface area contributed by atoms with Crippen molar-refractivity contribution in [3.8, 4) is 0 Å². The lowest BCUT2D eigenvalue weighted by Gasteiger charge is -2.37.